The van der Waals surface area contributed by atoms with Crippen LogP contribution in [0, 0.1) is 10.1 Å². The molecule has 26 heavy (non-hydrogen) atoms. The molecule has 0 aliphatic rings. The van der Waals surface area contributed by atoms with Crippen molar-refractivity contribution in [2.45, 2.75) is 0 Å². The third-order valence-electron chi connectivity index (χ3n) is 3.44. The predicted octanol–water partition coefficient (Wildman–Crippen LogP) is 4.27. The van der Waals surface area contributed by atoms with Gasteiger partial charge in [-0.25, -0.2) is 5.43 Å². The first-order valence-electron chi connectivity index (χ1n) is 7.47. The largest absolute Gasteiger partial charge is 0.455 e. The van der Waals surface area contributed by atoms with Crippen molar-refractivity contribution >= 4 is 29.4 Å². The van der Waals surface area contributed by atoms with Gasteiger partial charge < -0.3 is 4.42 Å². The number of hydrazone groups is 1. The molecule has 0 radical (unpaired) electrons. The first-order chi connectivity index (χ1) is 12.5. The second kappa shape index (κ2) is 7.62. The van der Waals surface area contributed by atoms with Crippen LogP contribution in [0.2, 0.25) is 5.02 Å². The summed E-state index contributed by atoms with van der Waals surface area (Å²) in [6.07, 6.45) is 1.31. The first kappa shape index (κ1) is 17.4. The Labute approximate surface area is 153 Å². The number of rotatable bonds is 5. The molecule has 1 heterocycles. The van der Waals surface area contributed by atoms with E-state index < -0.39 is 10.8 Å². The van der Waals surface area contributed by atoms with Crippen molar-refractivity contribution in [3.63, 3.8) is 0 Å². The van der Waals surface area contributed by atoms with Crippen LogP contribution < -0.4 is 5.43 Å². The molecule has 0 atom stereocenters. The number of carbonyl (C=O) groups is 1. The molecule has 1 amide bonds. The Hall–Kier alpha value is -3.45. The SMILES string of the molecule is O=C(N/N=C\c1ccc(-c2cccc(Cl)c2)o1)c1ccccc1[N+](=O)[O-]. The molecule has 0 bridgehead atoms. The van der Waals surface area contributed by atoms with Crippen LogP contribution in [0.4, 0.5) is 5.69 Å². The van der Waals surface area contributed by atoms with Crippen molar-refractivity contribution in [1.82, 2.24) is 5.43 Å². The minimum Gasteiger partial charge on any atom is -0.455 e. The third-order valence-corrected chi connectivity index (χ3v) is 3.67. The smallest absolute Gasteiger partial charge is 0.282 e. The van der Waals surface area contributed by atoms with Crippen LogP contribution in [-0.2, 0) is 0 Å². The van der Waals surface area contributed by atoms with E-state index >= 15 is 0 Å². The fourth-order valence-corrected chi connectivity index (χ4v) is 2.45. The molecular formula is C18H12ClN3O4. The Kier molecular flexibility index (Phi) is 5.09. The zero-order chi connectivity index (χ0) is 18.5. The molecule has 0 aliphatic heterocycles. The van der Waals surface area contributed by atoms with E-state index in [1.54, 1.807) is 30.3 Å². The van der Waals surface area contributed by atoms with E-state index in [-0.39, 0.29) is 11.3 Å². The maximum absolute atomic E-state index is 12.0. The summed E-state index contributed by atoms with van der Waals surface area (Å²) < 4.78 is 5.61. The number of nitro groups is 1. The summed E-state index contributed by atoms with van der Waals surface area (Å²) in [6.45, 7) is 0. The van der Waals surface area contributed by atoms with Crippen LogP contribution >= 0.6 is 11.6 Å². The normalized spacial score (nSPS) is 10.8. The van der Waals surface area contributed by atoms with Gasteiger partial charge in [-0.1, -0.05) is 35.9 Å². The van der Waals surface area contributed by atoms with Gasteiger partial charge in [-0.3, -0.25) is 14.9 Å². The lowest BCUT2D eigenvalue weighted by Crippen LogP contribution is -2.18. The van der Waals surface area contributed by atoms with Crippen molar-refractivity contribution in [3.05, 3.63) is 87.1 Å². The number of nitrogens with one attached hydrogen (secondary N) is 1. The lowest BCUT2D eigenvalue weighted by Gasteiger charge is -2.00. The first-order valence-corrected chi connectivity index (χ1v) is 7.85. The van der Waals surface area contributed by atoms with Crippen molar-refractivity contribution in [2.24, 2.45) is 5.10 Å². The number of nitrogens with zero attached hydrogens (tertiary/aromatic N) is 2. The molecule has 0 unspecified atom stereocenters. The highest BCUT2D eigenvalue weighted by Gasteiger charge is 2.18. The van der Waals surface area contributed by atoms with Crippen molar-refractivity contribution < 1.29 is 14.1 Å². The Balaban J connectivity index is 1.70. The zero-order valence-corrected chi connectivity index (χ0v) is 14.0. The molecule has 0 saturated carbocycles. The molecule has 0 fully saturated rings. The number of furan rings is 1. The molecule has 1 aromatic heterocycles. The number of carbonyl (C=O) groups excluding carboxylic acids is 1. The molecule has 0 spiro atoms. The van der Waals surface area contributed by atoms with Crippen molar-refractivity contribution in [3.8, 4) is 11.3 Å². The summed E-state index contributed by atoms with van der Waals surface area (Å²) in [7, 11) is 0. The van der Waals surface area contributed by atoms with Crippen LogP contribution in [0.5, 0.6) is 0 Å². The van der Waals surface area contributed by atoms with E-state index in [1.165, 1.54) is 30.5 Å². The monoisotopic (exact) mass is 369 g/mol. The molecule has 2 aromatic carbocycles. The topological polar surface area (TPSA) is 97.7 Å². The number of hydrogen-bond donors (Lipinski definition) is 1. The number of benzene rings is 2. The van der Waals surface area contributed by atoms with E-state index in [4.69, 9.17) is 16.0 Å². The minimum atomic E-state index is -0.685. The average Bonchev–Trinajstić information content (AvgIpc) is 3.10. The summed E-state index contributed by atoms with van der Waals surface area (Å²) in [4.78, 5) is 22.4. The fourth-order valence-electron chi connectivity index (χ4n) is 2.26. The second-order valence-corrected chi connectivity index (χ2v) is 5.62. The van der Waals surface area contributed by atoms with Gasteiger partial charge in [-0.05, 0) is 30.3 Å². The van der Waals surface area contributed by atoms with Gasteiger partial charge in [0, 0.05) is 16.7 Å². The molecule has 0 saturated heterocycles. The third kappa shape index (κ3) is 3.96. The summed E-state index contributed by atoms with van der Waals surface area (Å²) in [5.41, 5.74) is 2.69. The lowest BCUT2D eigenvalue weighted by molar-refractivity contribution is -0.385. The van der Waals surface area contributed by atoms with Gasteiger partial charge in [-0.2, -0.15) is 5.10 Å². The van der Waals surface area contributed by atoms with Gasteiger partial charge in [0.1, 0.15) is 17.1 Å². The average molecular weight is 370 g/mol. The van der Waals surface area contributed by atoms with Gasteiger partial charge >= 0.3 is 0 Å². The second-order valence-electron chi connectivity index (χ2n) is 5.19. The summed E-state index contributed by atoms with van der Waals surface area (Å²) >= 11 is 5.95. The molecule has 8 heteroatoms. The molecule has 7 nitrogen and oxygen atoms in total. The standard InChI is InChI=1S/C18H12ClN3O4/c19-13-5-3-4-12(10-13)17-9-8-14(26-17)11-20-21-18(23)15-6-1-2-7-16(15)22(24)25/h1-11H,(H,21,23)/b20-11-. The maximum atomic E-state index is 12.0. The van der Waals surface area contributed by atoms with Gasteiger partial charge in [0.25, 0.3) is 11.6 Å². The van der Waals surface area contributed by atoms with Crippen LogP contribution in [0.25, 0.3) is 11.3 Å². The van der Waals surface area contributed by atoms with E-state index in [9.17, 15) is 14.9 Å². The number of hydrogen-bond acceptors (Lipinski definition) is 5. The van der Waals surface area contributed by atoms with Gasteiger partial charge in [0.2, 0.25) is 0 Å². The van der Waals surface area contributed by atoms with Crippen LogP contribution in [0.15, 0.2) is 70.2 Å². The van der Waals surface area contributed by atoms with Crippen LogP contribution in [0.1, 0.15) is 16.1 Å². The fraction of sp³-hybridized carbons (Fsp3) is 0. The molecule has 130 valence electrons. The highest BCUT2D eigenvalue weighted by molar-refractivity contribution is 6.30. The summed E-state index contributed by atoms with van der Waals surface area (Å²) in [5, 5.41) is 15.3. The Bertz CT molecular complexity index is 997. The summed E-state index contributed by atoms with van der Waals surface area (Å²) in [6, 6.07) is 16.2. The zero-order valence-electron chi connectivity index (χ0n) is 13.3. The Morgan fingerprint density at radius 3 is 2.73 bits per heavy atom. The lowest BCUT2D eigenvalue weighted by atomic mass is 10.2. The maximum Gasteiger partial charge on any atom is 0.282 e. The van der Waals surface area contributed by atoms with E-state index in [1.807, 2.05) is 6.07 Å². The number of amides is 1. The number of para-hydroxylation sites is 1. The summed E-state index contributed by atoms with van der Waals surface area (Å²) in [5.74, 6) is 0.317. The highest BCUT2D eigenvalue weighted by Crippen LogP contribution is 2.24. The van der Waals surface area contributed by atoms with Gasteiger partial charge in [0.15, 0.2) is 0 Å². The Morgan fingerprint density at radius 1 is 1.15 bits per heavy atom. The predicted molar refractivity (Wildman–Crippen MR) is 97.3 cm³/mol. The molecule has 3 rings (SSSR count). The highest BCUT2D eigenvalue weighted by atomic mass is 35.5. The van der Waals surface area contributed by atoms with Gasteiger partial charge in [-0.15, -0.1) is 0 Å². The van der Waals surface area contributed by atoms with E-state index in [0.29, 0.717) is 16.5 Å². The van der Waals surface area contributed by atoms with Crippen molar-refractivity contribution in [1.29, 1.82) is 0 Å². The number of halogens is 1. The Morgan fingerprint density at radius 2 is 1.96 bits per heavy atom. The van der Waals surface area contributed by atoms with Crippen LogP contribution in [0.3, 0.4) is 0 Å². The van der Waals surface area contributed by atoms with Crippen LogP contribution in [-0.4, -0.2) is 17.0 Å². The quantitative estimate of drug-likeness (QED) is 0.412. The molecule has 0 aliphatic carbocycles. The molecule has 3 aromatic rings. The molecule has 1 N–H and O–H groups in total. The minimum absolute atomic E-state index is 0.0753. The number of nitro benzene ring substituents is 1. The van der Waals surface area contributed by atoms with Gasteiger partial charge in [0.05, 0.1) is 11.1 Å². The van der Waals surface area contributed by atoms with E-state index in [0.717, 1.165) is 5.56 Å². The van der Waals surface area contributed by atoms with Crippen molar-refractivity contribution in [2.75, 3.05) is 0 Å². The van der Waals surface area contributed by atoms with E-state index in [2.05, 4.69) is 10.5 Å². The molecular weight excluding hydrogens is 358 g/mol.